The monoisotopic (exact) mass is 208 g/mol. The Morgan fingerprint density at radius 1 is 1.43 bits per heavy atom. The number of hydrogen-bond acceptors (Lipinski definition) is 3. The van der Waals surface area contributed by atoms with E-state index in [4.69, 9.17) is 14.9 Å². The van der Waals surface area contributed by atoms with E-state index in [-0.39, 0.29) is 6.10 Å². The second-order valence-electron chi connectivity index (χ2n) is 3.21. The number of rotatable bonds is 3. The van der Waals surface area contributed by atoms with Crippen LogP contribution < -0.4 is 10.5 Å². The molecule has 0 aliphatic carbocycles. The van der Waals surface area contributed by atoms with Crippen LogP contribution in [0.15, 0.2) is 12.1 Å². The minimum Gasteiger partial charge on any atom is -0.495 e. The third kappa shape index (κ3) is 2.08. The van der Waals surface area contributed by atoms with Gasteiger partial charge in [-0.3, -0.25) is 0 Å². The molecule has 0 saturated heterocycles. The van der Waals surface area contributed by atoms with Gasteiger partial charge < -0.3 is 14.9 Å². The van der Waals surface area contributed by atoms with Gasteiger partial charge in [0.15, 0.2) is 0 Å². The first kappa shape index (κ1) is 11.1. The number of benzene rings is 1. The highest BCUT2D eigenvalue weighted by Gasteiger charge is 2.10. The summed E-state index contributed by atoms with van der Waals surface area (Å²) in [6, 6.07) is 3.78. The number of nitrogens with two attached hydrogens (primary N) is 1. The maximum absolute atomic E-state index is 5.76. The van der Waals surface area contributed by atoms with Crippen LogP contribution in [0.1, 0.15) is 24.2 Å². The fraction of sp³-hybridized carbons (Fsp3) is 0.400. The Morgan fingerprint density at radius 2 is 2.07 bits per heavy atom. The van der Waals surface area contributed by atoms with Crippen molar-refractivity contribution in [2.45, 2.75) is 20.0 Å². The summed E-state index contributed by atoms with van der Waals surface area (Å²) in [7, 11) is 4.63. The van der Waals surface area contributed by atoms with E-state index in [1.54, 1.807) is 7.11 Å². The number of methoxy groups -OCH3 is 1. The van der Waals surface area contributed by atoms with Crippen LogP contribution in [0.5, 0.6) is 5.75 Å². The lowest BCUT2D eigenvalue weighted by molar-refractivity contribution is 0.249. The average molecular weight is 208 g/mol. The molecular weight excluding hydrogens is 194 g/mol. The molecule has 0 aliphatic rings. The molecule has 1 aromatic rings. The van der Waals surface area contributed by atoms with Crippen LogP contribution in [0.2, 0.25) is 0 Å². The first-order valence-corrected chi connectivity index (χ1v) is 4.77. The zero-order chi connectivity index (χ0) is 10.7. The van der Waals surface area contributed by atoms with Crippen molar-refractivity contribution in [1.29, 1.82) is 0 Å². The largest absolute Gasteiger partial charge is 0.495 e. The fourth-order valence-corrected chi connectivity index (χ4v) is 1.53. The predicted molar refractivity (Wildman–Crippen MR) is 57.4 cm³/mol. The predicted octanol–water partition coefficient (Wildman–Crippen LogP) is 1.75. The normalized spacial score (nSPS) is 12.6. The van der Waals surface area contributed by atoms with Crippen LogP contribution in [0.25, 0.3) is 0 Å². The highest BCUT2D eigenvalue weighted by molar-refractivity contribution is 5.98. The van der Waals surface area contributed by atoms with Gasteiger partial charge in [0.05, 0.1) is 18.9 Å². The number of aryl methyl sites for hydroxylation is 1. The summed E-state index contributed by atoms with van der Waals surface area (Å²) < 4.78 is 10.2. The summed E-state index contributed by atoms with van der Waals surface area (Å²) >= 11 is 0. The molecule has 4 heteroatoms. The summed E-state index contributed by atoms with van der Waals surface area (Å²) in [5.41, 5.74) is 8.57. The molecule has 0 spiro atoms. The van der Waals surface area contributed by atoms with E-state index in [0.717, 1.165) is 11.1 Å². The molecule has 1 unspecified atom stereocenters. The second-order valence-corrected chi connectivity index (χ2v) is 3.45. The summed E-state index contributed by atoms with van der Waals surface area (Å²) in [6.07, 6.45) is -0.0267. The molecule has 0 fully saturated rings. The lowest BCUT2D eigenvalue weighted by Crippen LogP contribution is -2.02. The molecule has 0 heterocycles. The smallest absolute Gasteiger partial charge is 0.247 e. The molecule has 0 bridgehead atoms. The SMILES string of the molecule is COc1cc(C(C)O[Si])c(C)cc1N. The second kappa shape index (κ2) is 4.48. The maximum atomic E-state index is 5.76. The van der Waals surface area contributed by atoms with Gasteiger partial charge in [-0.1, -0.05) is 0 Å². The first-order valence-electron chi connectivity index (χ1n) is 4.36. The zero-order valence-corrected chi connectivity index (χ0v) is 9.63. The van der Waals surface area contributed by atoms with Crippen molar-refractivity contribution in [2.24, 2.45) is 0 Å². The lowest BCUT2D eigenvalue weighted by Gasteiger charge is -2.15. The van der Waals surface area contributed by atoms with E-state index >= 15 is 0 Å². The highest BCUT2D eigenvalue weighted by atomic mass is 28.2. The van der Waals surface area contributed by atoms with Crippen LogP contribution in [0, 0.1) is 6.92 Å². The first-order chi connectivity index (χ1) is 6.60. The molecule has 0 aliphatic heterocycles. The summed E-state index contributed by atoms with van der Waals surface area (Å²) in [4.78, 5) is 0. The third-order valence-electron chi connectivity index (χ3n) is 2.23. The lowest BCUT2D eigenvalue weighted by atomic mass is 10.0. The topological polar surface area (TPSA) is 44.5 Å². The maximum Gasteiger partial charge on any atom is 0.247 e. The van der Waals surface area contributed by atoms with Crippen LogP contribution in [0.3, 0.4) is 0 Å². The molecule has 3 radical (unpaired) electrons. The van der Waals surface area contributed by atoms with Crippen molar-refractivity contribution in [3.63, 3.8) is 0 Å². The number of anilines is 1. The fourth-order valence-electron chi connectivity index (χ4n) is 1.40. The summed E-state index contributed by atoms with van der Waals surface area (Å²) in [5, 5.41) is 0. The Bertz CT molecular complexity index is 328. The molecule has 3 nitrogen and oxygen atoms in total. The van der Waals surface area contributed by atoms with Crippen molar-refractivity contribution < 1.29 is 9.16 Å². The van der Waals surface area contributed by atoms with E-state index in [1.807, 2.05) is 26.0 Å². The van der Waals surface area contributed by atoms with E-state index in [2.05, 4.69) is 10.5 Å². The number of ether oxygens (including phenoxy) is 1. The van der Waals surface area contributed by atoms with Crippen molar-refractivity contribution >= 4 is 16.2 Å². The van der Waals surface area contributed by atoms with Crippen LogP contribution in [-0.4, -0.2) is 17.6 Å². The standard InChI is InChI=1S/C10H14NO2Si/c1-6-4-9(11)10(12-3)5-8(6)7(2)13-14/h4-5,7H,11H2,1-3H3. The third-order valence-corrected chi connectivity index (χ3v) is 2.59. The number of nitrogen functional groups attached to an aromatic ring is 1. The number of hydrogen-bond donors (Lipinski definition) is 1. The Balaban J connectivity index is 3.17. The molecule has 0 saturated carbocycles. The zero-order valence-electron chi connectivity index (χ0n) is 8.63. The molecule has 1 rings (SSSR count). The Hall–Kier alpha value is -1.00. The quantitative estimate of drug-likeness (QED) is 0.608. The Kier molecular flexibility index (Phi) is 3.54. The van der Waals surface area contributed by atoms with E-state index < -0.39 is 0 Å². The van der Waals surface area contributed by atoms with Gasteiger partial charge in [-0.25, -0.2) is 0 Å². The molecule has 14 heavy (non-hydrogen) atoms. The van der Waals surface area contributed by atoms with Crippen molar-refractivity contribution in [2.75, 3.05) is 12.8 Å². The average Bonchev–Trinajstić information content (AvgIpc) is 2.17. The van der Waals surface area contributed by atoms with Gasteiger partial charge in [-0.15, -0.1) is 0 Å². The van der Waals surface area contributed by atoms with Gasteiger partial charge in [-0.2, -0.15) is 0 Å². The van der Waals surface area contributed by atoms with Crippen molar-refractivity contribution in [3.05, 3.63) is 23.3 Å². The van der Waals surface area contributed by atoms with Gasteiger partial charge in [0.1, 0.15) is 5.75 Å². The van der Waals surface area contributed by atoms with Crippen LogP contribution in [-0.2, 0) is 4.43 Å². The molecule has 1 aromatic carbocycles. The molecule has 0 aromatic heterocycles. The van der Waals surface area contributed by atoms with Gasteiger partial charge >= 0.3 is 0 Å². The summed E-state index contributed by atoms with van der Waals surface area (Å²) in [5.74, 6) is 0.682. The molecular formula is C10H14NO2Si. The minimum absolute atomic E-state index is 0.0267. The van der Waals surface area contributed by atoms with Gasteiger partial charge in [0.2, 0.25) is 10.5 Å². The van der Waals surface area contributed by atoms with Gasteiger partial charge in [0.25, 0.3) is 0 Å². The van der Waals surface area contributed by atoms with Gasteiger partial charge in [0, 0.05) is 0 Å². The van der Waals surface area contributed by atoms with Crippen LogP contribution >= 0.6 is 0 Å². The summed E-state index contributed by atoms with van der Waals surface area (Å²) in [6.45, 7) is 3.94. The Morgan fingerprint density at radius 3 is 2.57 bits per heavy atom. The van der Waals surface area contributed by atoms with Crippen LogP contribution in [0.4, 0.5) is 5.69 Å². The van der Waals surface area contributed by atoms with E-state index in [1.165, 1.54) is 0 Å². The molecule has 2 N–H and O–H groups in total. The molecule has 75 valence electrons. The molecule has 1 atom stereocenters. The minimum atomic E-state index is -0.0267. The van der Waals surface area contributed by atoms with Gasteiger partial charge in [-0.05, 0) is 37.1 Å². The van der Waals surface area contributed by atoms with E-state index in [0.29, 0.717) is 11.4 Å². The molecule has 0 amide bonds. The van der Waals surface area contributed by atoms with Crippen molar-refractivity contribution in [1.82, 2.24) is 0 Å². The van der Waals surface area contributed by atoms with Crippen molar-refractivity contribution in [3.8, 4) is 5.75 Å². The van der Waals surface area contributed by atoms with E-state index in [9.17, 15) is 0 Å². The highest BCUT2D eigenvalue weighted by Crippen LogP contribution is 2.29. The Labute approximate surface area is 87.8 Å².